The van der Waals surface area contributed by atoms with Gasteiger partial charge in [-0.1, -0.05) is 12.1 Å². The Labute approximate surface area is 119 Å². The first kappa shape index (κ1) is 16.1. The molecule has 0 radical (unpaired) electrons. The number of ketones is 1. The van der Waals surface area contributed by atoms with Gasteiger partial charge in [0.1, 0.15) is 0 Å². The van der Waals surface area contributed by atoms with Crippen molar-refractivity contribution >= 4 is 28.2 Å². The summed E-state index contributed by atoms with van der Waals surface area (Å²) in [5.74, 6) is -0.0684. The zero-order valence-electron chi connectivity index (χ0n) is 10.6. The Hall–Kier alpha value is -0.950. The third-order valence-corrected chi connectivity index (χ3v) is 4.89. The van der Waals surface area contributed by atoms with Gasteiger partial charge in [0.15, 0.2) is 5.78 Å². The fourth-order valence-corrected chi connectivity index (χ4v) is 3.34. The summed E-state index contributed by atoms with van der Waals surface area (Å²) in [4.78, 5) is 11.4. The Morgan fingerprint density at radius 3 is 2.16 bits per heavy atom. The third kappa shape index (κ3) is 3.54. The highest BCUT2D eigenvalue weighted by atomic mass is 35.5. The second-order valence-electron chi connectivity index (χ2n) is 4.23. The molecule has 5 nitrogen and oxygen atoms in total. The fraction of sp³-hybridized carbons (Fsp3) is 0.417. The summed E-state index contributed by atoms with van der Waals surface area (Å²) in [7, 11) is -3.42. The van der Waals surface area contributed by atoms with E-state index in [4.69, 9.17) is 0 Å². The second kappa shape index (κ2) is 6.47. The van der Waals surface area contributed by atoms with Crippen LogP contribution in [0.2, 0.25) is 0 Å². The number of benzene rings is 1. The number of rotatable bonds is 3. The third-order valence-electron chi connectivity index (χ3n) is 2.97. The second-order valence-corrected chi connectivity index (χ2v) is 6.17. The average molecular weight is 305 g/mol. The summed E-state index contributed by atoms with van der Waals surface area (Å²) in [6, 6.07) is 6.09. The van der Waals surface area contributed by atoms with E-state index in [1.54, 1.807) is 12.1 Å². The van der Waals surface area contributed by atoms with Crippen LogP contribution in [0.15, 0.2) is 29.2 Å². The number of Topliss-reactive ketones (excluding diaryl/α,β-unsaturated/α-hetero) is 1. The molecule has 0 amide bonds. The Balaban J connectivity index is 0.00000180. The minimum Gasteiger partial charge on any atom is -0.314 e. The van der Waals surface area contributed by atoms with Crippen LogP contribution in [0.4, 0.5) is 0 Å². The molecule has 2 rings (SSSR count). The molecule has 0 unspecified atom stereocenters. The molecule has 1 fully saturated rings. The van der Waals surface area contributed by atoms with Crippen LogP contribution < -0.4 is 5.32 Å². The van der Waals surface area contributed by atoms with Crippen LogP contribution >= 0.6 is 12.4 Å². The van der Waals surface area contributed by atoms with E-state index in [0.717, 1.165) is 0 Å². The standard InChI is InChI=1S/C12H16N2O3S.ClH/c1-10(15)11-2-4-12(5-3-11)18(16,17)14-8-6-13-7-9-14;/h2-5,13H,6-9H2,1H3;1H. The number of piperazine rings is 1. The van der Waals surface area contributed by atoms with Gasteiger partial charge in [-0.3, -0.25) is 4.79 Å². The van der Waals surface area contributed by atoms with E-state index in [-0.39, 0.29) is 23.1 Å². The molecule has 0 bridgehead atoms. The van der Waals surface area contributed by atoms with Crippen molar-refractivity contribution in [2.24, 2.45) is 0 Å². The molecule has 0 saturated carbocycles. The largest absolute Gasteiger partial charge is 0.314 e. The van der Waals surface area contributed by atoms with E-state index in [1.165, 1.54) is 23.4 Å². The van der Waals surface area contributed by atoms with E-state index >= 15 is 0 Å². The molecule has 0 aromatic heterocycles. The predicted molar refractivity (Wildman–Crippen MR) is 75.3 cm³/mol. The van der Waals surface area contributed by atoms with Gasteiger partial charge in [0.05, 0.1) is 4.90 Å². The van der Waals surface area contributed by atoms with Gasteiger partial charge in [-0.2, -0.15) is 4.31 Å². The van der Waals surface area contributed by atoms with Gasteiger partial charge in [0, 0.05) is 31.7 Å². The summed E-state index contributed by atoms with van der Waals surface area (Å²) in [6.45, 7) is 3.77. The Morgan fingerprint density at radius 1 is 1.16 bits per heavy atom. The number of carbonyl (C=O) groups is 1. The highest BCUT2D eigenvalue weighted by Crippen LogP contribution is 2.17. The Bertz CT molecular complexity index is 537. The van der Waals surface area contributed by atoms with E-state index in [0.29, 0.717) is 31.7 Å². The van der Waals surface area contributed by atoms with Crippen LogP contribution in [-0.2, 0) is 10.0 Å². The van der Waals surface area contributed by atoms with Crippen molar-refractivity contribution in [2.75, 3.05) is 26.2 Å². The number of nitrogens with one attached hydrogen (secondary N) is 1. The minimum absolute atomic E-state index is 0. The molecule has 1 aromatic carbocycles. The molecule has 1 N–H and O–H groups in total. The van der Waals surface area contributed by atoms with E-state index < -0.39 is 10.0 Å². The quantitative estimate of drug-likeness (QED) is 0.843. The molecule has 0 atom stereocenters. The lowest BCUT2D eigenvalue weighted by atomic mass is 10.2. The summed E-state index contributed by atoms with van der Waals surface area (Å²) in [6.07, 6.45) is 0. The lowest BCUT2D eigenvalue weighted by molar-refractivity contribution is 0.101. The monoisotopic (exact) mass is 304 g/mol. The van der Waals surface area contributed by atoms with E-state index in [9.17, 15) is 13.2 Å². The van der Waals surface area contributed by atoms with Gasteiger partial charge >= 0.3 is 0 Å². The predicted octanol–water partition coefficient (Wildman–Crippen LogP) is 0.905. The molecule has 7 heteroatoms. The van der Waals surface area contributed by atoms with E-state index in [1.807, 2.05) is 0 Å². The molecule has 106 valence electrons. The van der Waals surface area contributed by atoms with Gasteiger partial charge < -0.3 is 5.32 Å². The molecule has 1 aliphatic rings. The van der Waals surface area contributed by atoms with Crippen molar-refractivity contribution in [3.63, 3.8) is 0 Å². The number of sulfonamides is 1. The topological polar surface area (TPSA) is 66.5 Å². The highest BCUT2D eigenvalue weighted by molar-refractivity contribution is 7.89. The van der Waals surface area contributed by atoms with Crippen molar-refractivity contribution < 1.29 is 13.2 Å². The van der Waals surface area contributed by atoms with Gasteiger partial charge in [-0.15, -0.1) is 12.4 Å². The van der Waals surface area contributed by atoms with Crippen LogP contribution in [0.3, 0.4) is 0 Å². The highest BCUT2D eigenvalue weighted by Gasteiger charge is 2.25. The Kier molecular flexibility index (Phi) is 5.49. The van der Waals surface area contributed by atoms with Crippen LogP contribution in [0.5, 0.6) is 0 Å². The zero-order chi connectivity index (χ0) is 13.2. The van der Waals surface area contributed by atoms with Crippen molar-refractivity contribution in [2.45, 2.75) is 11.8 Å². The van der Waals surface area contributed by atoms with Crippen LogP contribution in [-0.4, -0.2) is 44.7 Å². The van der Waals surface area contributed by atoms with Gasteiger partial charge in [-0.05, 0) is 19.1 Å². The number of carbonyl (C=O) groups excluding carboxylic acids is 1. The molecule has 0 aliphatic carbocycles. The number of halogens is 1. The maximum atomic E-state index is 12.3. The molecule has 1 aliphatic heterocycles. The first-order valence-electron chi connectivity index (χ1n) is 5.84. The SMILES string of the molecule is CC(=O)c1ccc(S(=O)(=O)N2CCNCC2)cc1.Cl. The van der Waals surface area contributed by atoms with Crippen molar-refractivity contribution in [3.05, 3.63) is 29.8 Å². The molecular formula is C12H17ClN2O3S. The summed E-state index contributed by atoms with van der Waals surface area (Å²) in [5, 5.41) is 3.11. The smallest absolute Gasteiger partial charge is 0.243 e. The maximum Gasteiger partial charge on any atom is 0.243 e. The molecular weight excluding hydrogens is 288 g/mol. The first-order chi connectivity index (χ1) is 8.51. The van der Waals surface area contributed by atoms with Gasteiger partial charge in [0.25, 0.3) is 0 Å². The lowest BCUT2D eigenvalue weighted by Crippen LogP contribution is -2.46. The molecule has 1 saturated heterocycles. The number of hydrogen-bond acceptors (Lipinski definition) is 4. The fourth-order valence-electron chi connectivity index (χ4n) is 1.90. The molecule has 1 heterocycles. The van der Waals surface area contributed by atoms with Crippen molar-refractivity contribution in [1.82, 2.24) is 9.62 Å². The number of hydrogen-bond donors (Lipinski definition) is 1. The Morgan fingerprint density at radius 2 is 1.68 bits per heavy atom. The van der Waals surface area contributed by atoms with Crippen molar-refractivity contribution in [3.8, 4) is 0 Å². The minimum atomic E-state index is -3.42. The van der Waals surface area contributed by atoms with Gasteiger partial charge in [-0.25, -0.2) is 8.42 Å². The van der Waals surface area contributed by atoms with Crippen LogP contribution in [0, 0.1) is 0 Å². The summed E-state index contributed by atoms with van der Waals surface area (Å²) < 4.78 is 26.0. The van der Waals surface area contributed by atoms with E-state index in [2.05, 4.69) is 5.32 Å². The molecule has 19 heavy (non-hydrogen) atoms. The molecule has 1 aromatic rings. The van der Waals surface area contributed by atoms with Gasteiger partial charge in [0.2, 0.25) is 10.0 Å². The summed E-state index contributed by atoms with van der Waals surface area (Å²) >= 11 is 0. The first-order valence-corrected chi connectivity index (χ1v) is 7.28. The lowest BCUT2D eigenvalue weighted by Gasteiger charge is -2.26. The van der Waals surface area contributed by atoms with Crippen LogP contribution in [0.25, 0.3) is 0 Å². The normalized spacial score (nSPS) is 16.7. The summed E-state index contributed by atoms with van der Waals surface area (Å²) in [5.41, 5.74) is 0.522. The molecule has 0 spiro atoms. The maximum absolute atomic E-state index is 12.3. The van der Waals surface area contributed by atoms with Crippen LogP contribution in [0.1, 0.15) is 17.3 Å². The number of nitrogens with zero attached hydrogens (tertiary/aromatic N) is 1. The van der Waals surface area contributed by atoms with Crippen molar-refractivity contribution in [1.29, 1.82) is 0 Å². The average Bonchev–Trinajstić information content (AvgIpc) is 2.40. The zero-order valence-corrected chi connectivity index (χ0v) is 12.3.